The summed E-state index contributed by atoms with van der Waals surface area (Å²) in [6.45, 7) is 8.75. The molecule has 32 heavy (non-hydrogen) atoms. The summed E-state index contributed by atoms with van der Waals surface area (Å²) >= 11 is 0. The van der Waals surface area contributed by atoms with Crippen LogP contribution in [0.25, 0.3) is 0 Å². The molecule has 0 amide bonds. The van der Waals surface area contributed by atoms with Crippen LogP contribution in [0.4, 0.5) is 0 Å². The number of ketones is 2. The first-order chi connectivity index (χ1) is 15.3. The molecule has 1 aromatic rings. The summed E-state index contributed by atoms with van der Waals surface area (Å²) in [5.74, 6) is 1.28. The Morgan fingerprint density at radius 3 is 2.56 bits per heavy atom. The van der Waals surface area contributed by atoms with Crippen LogP contribution in [0, 0.1) is 11.3 Å². The van der Waals surface area contributed by atoms with E-state index in [0.29, 0.717) is 42.3 Å². The van der Waals surface area contributed by atoms with E-state index in [4.69, 9.17) is 0 Å². The van der Waals surface area contributed by atoms with Gasteiger partial charge in [-0.2, -0.15) is 0 Å². The highest BCUT2D eigenvalue weighted by atomic mass is 16.1. The van der Waals surface area contributed by atoms with Crippen LogP contribution in [-0.4, -0.2) is 48.2 Å². The van der Waals surface area contributed by atoms with E-state index in [1.54, 1.807) is 0 Å². The summed E-state index contributed by atoms with van der Waals surface area (Å²) in [4.78, 5) is 27.9. The van der Waals surface area contributed by atoms with Crippen LogP contribution in [0.1, 0.15) is 93.6 Å². The molecular formula is C28H42N2O2. The third-order valence-electron chi connectivity index (χ3n) is 7.89. The summed E-state index contributed by atoms with van der Waals surface area (Å²) in [6, 6.07) is 7.33. The Hall–Kier alpha value is -1.52. The van der Waals surface area contributed by atoms with Gasteiger partial charge in [-0.1, -0.05) is 39.0 Å². The lowest BCUT2D eigenvalue weighted by molar-refractivity contribution is -0.121. The van der Waals surface area contributed by atoms with Gasteiger partial charge in [0, 0.05) is 24.1 Å². The molecule has 2 aliphatic heterocycles. The Morgan fingerprint density at radius 1 is 1.09 bits per heavy atom. The Balaban J connectivity index is 1.20. The van der Waals surface area contributed by atoms with Gasteiger partial charge in [-0.05, 0) is 86.8 Å². The van der Waals surface area contributed by atoms with E-state index >= 15 is 0 Å². The van der Waals surface area contributed by atoms with Gasteiger partial charge in [0.05, 0.1) is 13.1 Å². The van der Waals surface area contributed by atoms with Crippen molar-refractivity contribution >= 4 is 11.6 Å². The van der Waals surface area contributed by atoms with Crippen LogP contribution in [0.5, 0.6) is 0 Å². The number of fused-ring (bicyclic) bond motifs is 3. The monoisotopic (exact) mass is 438 g/mol. The fraction of sp³-hybridized carbons (Fsp3) is 0.714. The lowest BCUT2D eigenvalue weighted by atomic mass is 9.88. The lowest BCUT2D eigenvalue weighted by Crippen LogP contribution is -2.47. The Morgan fingerprint density at radius 2 is 1.84 bits per heavy atom. The average Bonchev–Trinajstić information content (AvgIpc) is 3.28. The van der Waals surface area contributed by atoms with E-state index in [2.05, 4.69) is 37.1 Å². The number of benzene rings is 1. The quantitative estimate of drug-likeness (QED) is 0.524. The molecule has 1 N–H and O–H groups in total. The van der Waals surface area contributed by atoms with Gasteiger partial charge in [-0.15, -0.1) is 0 Å². The minimum Gasteiger partial charge on any atom is -0.309 e. The number of piperidine rings is 1. The summed E-state index contributed by atoms with van der Waals surface area (Å²) in [6.07, 6.45) is 11.0. The second-order valence-electron chi connectivity index (χ2n) is 11.7. The van der Waals surface area contributed by atoms with E-state index in [9.17, 15) is 9.59 Å². The molecule has 0 radical (unpaired) electrons. The molecule has 4 rings (SSSR count). The smallest absolute Gasteiger partial charge is 0.176 e. The molecule has 176 valence electrons. The summed E-state index contributed by atoms with van der Waals surface area (Å²) < 4.78 is 0. The maximum atomic E-state index is 12.8. The molecule has 4 heteroatoms. The van der Waals surface area contributed by atoms with E-state index in [-0.39, 0.29) is 5.78 Å². The zero-order valence-corrected chi connectivity index (χ0v) is 20.4. The molecule has 3 atom stereocenters. The third kappa shape index (κ3) is 5.88. The summed E-state index contributed by atoms with van der Waals surface area (Å²) in [5.41, 5.74) is 3.91. The molecule has 2 fully saturated rings. The molecule has 4 nitrogen and oxygen atoms in total. The van der Waals surface area contributed by atoms with E-state index < -0.39 is 0 Å². The van der Waals surface area contributed by atoms with Crippen LogP contribution in [0.2, 0.25) is 0 Å². The van der Waals surface area contributed by atoms with Crippen molar-refractivity contribution in [1.29, 1.82) is 0 Å². The normalized spacial score (nSPS) is 25.2. The topological polar surface area (TPSA) is 49.4 Å². The third-order valence-corrected chi connectivity index (χ3v) is 7.89. The van der Waals surface area contributed by atoms with Crippen LogP contribution in [0.3, 0.4) is 0 Å². The Kier molecular flexibility index (Phi) is 7.51. The van der Waals surface area contributed by atoms with Gasteiger partial charge in [0.1, 0.15) is 5.78 Å². The van der Waals surface area contributed by atoms with Crippen LogP contribution in [0.15, 0.2) is 18.2 Å². The van der Waals surface area contributed by atoms with E-state index in [1.165, 1.54) is 30.4 Å². The zero-order valence-electron chi connectivity index (χ0n) is 20.4. The fourth-order valence-electron chi connectivity index (χ4n) is 6.28. The highest BCUT2D eigenvalue weighted by Gasteiger charge is 2.41. The molecule has 2 heterocycles. The van der Waals surface area contributed by atoms with Gasteiger partial charge in [0.15, 0.2) is 5.78 Å². The van der Waals surface area contributed by atoms with Gasteiger partial charge in [0.25, 0.3) is 0 Å². The van der Waals surface area contributed by atoms with Gasteiger partial charge in [-0.3, -0.25) is 14.5 Å². The number of carbonyl (C=O) groups is 2. The second kappa shape index (κ2) is 10.2. The largest absolute Gasteiger partial charge is 0.309 e. The standard InChI is InChI=1S/C28H42N2O2/c1-28(2,3)14-6-9-24(31)19-30-22-12-13-23(30)16-20(15-22)17-29-18-27(32)26-11-5-8-21-7-4-10-25(21)26/h5,8,11,20,22-23,29H,4,6-7,9-10,12-19H2,1-3H3/t20?,22-,23+. The van der Waals surface area contributed by atoms with Crippen molar-refractivity contribution in [2.75, 3.05) is 19.6 Å². The summed E-state index contributed by atoms with van der Waals surface area (Å²) in [5, 5.41) is 3.48. The van der Waals surface area contributed by atoms with Crippen molar-refractivity contribution in [3.63, 3.8) is 0 Å². The molecule has 1 unspecified atom stereocenters. The maximum Gasteiger partial charge on any atom is 0.176 e. The number of nitrogens with zero attached hydrogens (tertiary/aromatic N) is 1. The molecular weight excluding hydrogens is 396 g/mol. The van der Waals surface area contributed by atoms with Crippen molar-refractivity contribution in [1.82, 2.24) is 10.2 Å². The summed E-state index contributed by atoms with van der Waals surface area (Å²) in [7, 11) is 0. The predicted molar refractivity (Wildman–Crippen MR) is 130 cm³/mol. The number of hydrogen-bond acceptors (Lipinski definition) is 4. The number of hydrogen-bond donors (Lipinski definition) is 1. The Labute approximate surface area is 194 Å². The first-order valence-electron chi connectivity index (χ1n) is 12.9. The molecule has 0 spiro atoms. The minimum absolute atomic E-state index is 0.241. The maximum absolute atomic E-state index is 12.8. The van der Waals surface area contributed by atoms with Crippen molar-refractivity contribution in [2.45, 2.75) is 97.1 Å². The van der Waals surface area contributed by atoms with Gasteiger partial charge >= 0.3 is 0 Å². The molecule has 0 saturated carbocycles. The zero-order chi connectivity index (χ0) is 22.7. The van der Waals surface area contributed by atoms with E-state index in [1.807, 2.05) is 12.1 Å². The second-order valence-corrected chi connectivity index (χ2v) is 11.7. The minimum atomic E-state index is 0.241. The highest BCUT2D eigenvalue weighted by Crippen LogP contribution is 2.38. The lowest BCUT2D eigenvalue weighted by Gasteiger charge is -2.38. The number of nitrogens with one attached hydrogen (secondary N) is 1. The molecule has 2 saturated heterocycles. The molecule has 3 aliphatic rings. The fourth-order valence-corrected chi connectivity index (χ4v) is 6.28. The molecule has 1 aromatic carbocycles. The van der Waals surface area contributed by atoms with Crippen molar-refractivity contribution in [3.05, 3.63) is 34.9 Å². The van der Waals surface area contributed by atoms with Crippen LogP contribution in [-0.2, 0) is 17.6 Å². The number of Topliss-reactive ketones (excluding diaryl/α,β-unsaturated/α-hetero) is 2. The predicted octanol–water partition coefficient (Wildman–Crippen LogP) is 4.98. The molecule has 1 aliphatic carbocycles. The van der Waals surface area contributed by atoms with Crippen LogP contribution < -0.4 is 5.32 Å². The van der Waals surface area contributed by atoms with Crippen LogP contribution >= 0.6 is 0 Å². The first-order valence-corrected chi connectivity index (χ1v) is 12.9. The Bertz CT molecular complexity index is 811. The number of carbonyl (C=O) groups excluding carboxylic acids is 2. The van der Waals surface area contributed by atoms with Crippen molar-refractivity contribution in [3.8, 4) is 0 Å². The van der Waals surface area contributed by atoms with Gasteiger partial charge < -0.3 is 5.32 Å². The first kappa shape index (κ1) is 23.6. The SMILES string of the molecule is CC(C)(C)CCCC(=O)CN1[C@@H]2CC[C@H]1CC(CNCC(=O)c1cccc3c1CCC3)C2. The average molecular weight is 439 g/mol. The van der Waals surface area contributed by atoms with E-state index in [0.717, 1.165) is 57.1 Å². The molecule has 0 aromatic heterocycles. The van der Waals surface area contributed by atoms with Gasteiger partial charge in [-0.25, -0.2) is 0 Å². The molecule has 2 bridgehead atoms. The number of rotatable bonds is 10. The number of aryl methyl sites for hydroxylation is 1. The van der Waals surface area contributed by atoms with Gasteiger partial charge in [0.2, 0.25) is 0 Å². The van der Waals surface area contributed by atoms with Crippen molar-refractivity contribution < 1.29 is 9.59 Å². The van der Waals surface area contributed by atoms with Crippen molar-refractivity contribution in [2.24, 2.45) is 11.3 Å². The highest BCUT2D eigenvalue weighted by molar-refractivity contribution is 5.99.